The van der Waals surface area contributed by atoms with E-state index < -0.39 is 0 Å². The minimum absolute atomic E-state index is 0.0241. The highest BCUT2D eigenvalue weighted by Crippen LogP contribution is 2.24. The van der Waals surface area contributed by atoms with Crippen LogP contribution < -0.4 is 0 Å². The number of benzene rings is 2. The summed E-state index contributed by atoms with van der Waals surface area (Å²) in [6, 6.07) is 11.4. The summed E-state index contributed by atoms with van der Waals surface area (Å²) in [4.78, 5) is 15.9. The van der Waals surface area contributed by atoms with Gasteiger partial charge in [-0.2, -0.15) is 0 Å². The molecule has 0 unspecified atom stereocenters. The minimum atomic E-state index is 0.0241. The molecule has 1 N–H and O–H groups in total. The highest BCUT2D eigenvalue weighted by Gasteiger charge is 2.16. The van der Waals surface area contributed by atoms with Crippen molar-refractivity contribution in [1.29, 1.82) is 0 Å². The number of carbonyl (C=O) groups excluding carboxylic acids is 1. The molecule has 3 heteroatoms. The molecule has 3 rings (SSSR count). The summed E-state index contributed by atoms with van der Waals surface area (Å²) in [7, 11) is 0. The monoisotopic (exact) mass is 283 g/mol. The number of aromatic amines is 1. The van der Waals surface area contributed by atoms with Crippen molar-refractivity contribution in [3.05, 3.63) is 69.9 Å². The Bertz CT molecular complexity index is 817. The smallest absolute Gasteiger partial charge is 0.195 e. The van der Waals surface area contributed by atoms with E-state index in [1.807, 2.05) is 38.1 Å². The molecule has 0 aliphatic carbocycles. The highest BCUT2D eigenvalue weighted by molar-refractivity contribution is 6.31. The lowest BCUT2D eigenvalue weighted by Crippen LogP contribution is -2.02. The van der Waals surface area contributed by atoms with Crippen molar-refractivity contribution in [2.24, 2.45) is 0 Å². The molecule has 0 radical (unpaired) electrons. The maximum absolute atomic E-state index is 12.7. The van der Waals surface area contributed by atoms with Gasteiger partial charge in [0.2, 0.25) is 0 Å². The van der Waals surface area contributed by atoms with E-state index in [-0.39, 0.29) is 5.78 Å². The molecule has 0 fully saturated rings. The van der Waals surface area contributed by atoms with Crippen molar-refractivity contribution in [3.63, 3.8) is 0 Å². The zero-order valence-corrected chi connectivity index (χ0v) is 12.1. The maximum Gasteiger partial charge on any atom is 0.195 e. The zero-order valence-electron chi connectivity index (χ0n) is 11.3. The Morgan fingerprint density at radius 2 is 1.85 bits per heavy atom. The second kappa shape index (κ2) is 4.80. The van der Waals surface area contributed by atoms with Gasteiger partial charge in [-0.1, -0.05) is 23.2 Å². The van der Waals surface area contributed by atoms with Gasteiger partial charge in [0, 0.05) is 33.2 Å². The van der Waals surface area contributed by atoms with Gasteiger partial charge < -0.3 is 4.98 Å². The standard InChI is InChI=1S/C17H14ClNO/c1-10-3-6-16-14(7-10)15(9-19-16)17(20)13-5-4-12(18)8-11(13)2/h3-9,19H,1-2H3. The zero-order chi connectivity index (χ0) is 14.3. The van der Waals surface area contributed by atoms with Crippen molar-refractivity contribution >= 4 is 28.3 Å². The molecule has 1 heterocycles. The van der Waals surface area contributed by atoms with Crippen molar-refractivity contribution in [1.82, 2.24) is 4.98 Å². The highest BCUT2D eigenvalue weighted by atomic mass is 35.5. The van der Waals surface area contributed by atoms with Crippen molar-refractivity contribution in [2.75, 3.05) is 0 Å². The predicted octanol–water partition coefficient (Wildman–Crippen LogP) is 4.67. The van der Waals surface area contributed by atoms with Gasteiger partial charge in [0.15, 0.2) is 5.78 Å². The van der Waals surface area contributed by atoms with E-state index in [0.717, 1.165) is 22.0 Å². The molecule has 1 aromatic heterocycles. The molecular weight excluding hydrogens is 270 g/mol. The average molecular weight is 284 g/mol. The Balaban J connectivity index is 2.15. The molecule has 20 heavy (non-hydrogen) atoms. The third kappa shape index (κ3) is 2.12. The summed E-state index contributed by atoms with van der Waals surface area (Å²) < 4.78 is 0. The van der Waals surface area contributed by atoms with E-state index >= 15 is 0 Å². The summed E-state index contributed by atoms with van der Waals surface area (Å²) in [5, 5.41) is 1.61. The predicted molar refractivity (Wildman–Crippen MR) is 82.7 cm³/mol. The number of carbonyl (C=O) groups is 1. The lowest BCUT2D eigenvalue weighted by atomic mass is 9.98. The molecule has 0 saturated carbocycles. The summed E-state index contributed by atoms with van der Waals surface area (Å²) in [5.41, 5.74) is 4.40. The number of aromatic nitrogens is 1. The molecule has 100 valence electrons. The van der Waals surface area contributed by atoms with E-state index in [1.165, 1.54) is 0 Å². The first kappa shape index (κ1) is 12.9. The van der Waals surface area contributed by atoms with Gasteiger partial charge in [-0.15, -0.1) is 0 Å². The van der Waals surface area contributed by atoms with E-state index in [0.29, 0.717) is 16.1 Å². The van der Waals surface area contributed by atoms with Crippen LogP contribution in [0.1, 0.15) is 27.0 Å². The number of hydrogen-bond acceptors (Lipinski definition) is 1. The van der Waals surface area contributed by atoms with Crippen LogP contribution in [-0.4, -0.2) is 10.8 Å². The fourth-order valence-electron chi connectivity index (χ4n) is 2.45. The van der Waals surface area contributed by atoms with E-state index in [1.54, 1.807) is 18.3 Å². The number of halogens is 1. The fourth-order valence-corrected chi connectivity index (χ4v) is 2.68. The Kier molecular flexibility index (Phi) is 3.11. The van der Waals surface area contributed by atoms with Crippen LogP contribution in [0, 0.1) is 13.8 Å². The molecule has 0 saturated heterocycles. The van der Waals surface area contributed by atoms with Gasteiger partial charge in [-0.25, -0.2) is 0 Å². The Labute approximate surface area is 122 Å². The first-order chi connectivity index (χ1) is 9.56. The van der Waals surface area contributed by atoms with Gasteiger partial charge in [0.1, 0.15) is 0 Å². The fraction of sp³-hybridized carbons (Fsp3) is 0.118. The lowest BCUT2D eigenvalue weighted by Gasteiger charge is -2.05. The number of nitrogens with one attached hydrogen (secondary N) is 1. The lowest BCUT2D eigenvalue weighted by molar-refractivity contribution is 0.104. The molecule has 2 aromatic carbocycles. The van der Waals surface area contributed by atoms with Crippen LogP contribution in [0.25, 0.3) is 10.9 Å². The van der Waals surface area contributed by atoms with Gasteiger partial charge in [-0.3, -0.25) is 4.79 Å². The van der Waals surface area contributed by atoms with Gasteiger partial charge >= 0.3 is 0 Å². The third-order valence-electron chi connectivity index (χ3n) is 3.51. The Morgan fingerprint density at radius 3 is 2.60 bits per heavy atom. The first-order valence-electron chi connectivity index (χ1n) is 6.45. The van der Waals surface area contributed by atoms with E-state index in [4.69, 9.17) is 11.6 Å². The molecule has 0 amide bonds. The number of H-pyrrole nitrogens is 1. The van der Waals surface area contributed by atoms with Crippen LogP contribution in [0.3, 0.4) is 0 Å². The van der Waals surface area contributed by atoms with Crippen LogP contribution in [0.15, 0.2) is 42.6 Å². The van der Waals surface area contributed by atoms with Crippen molar-refractivity contribution < 1.29 is 4.79 Å². The maximum atomic E-state index is 12.7. The second-order valence-corrected chi connectivity index (χ2v) is 5.48. The number of rotatable bonds is 2. The van der Waals surface area contributed by atoms with Gasteiger partial charge in [0.05, 0.1) is 0 Å². The van der Waals surface area contributed by atoms with Crippen LogP contribution in [0.5, 0.6) is 0 Å². The molecule has 0 aliphatic rings. The van der Waals surface area contributed by atoms with Crippen LogP contribution >= 0.6 is 11.6 Å². The number of ketones is 1. The molecule has 3 aromatic rings. The summed E-state index contributed by atoms with van der Waals surface area (Å²) in [6.45, 7) is 3.92. The molecule has 0 aliphatic heterocycles. The number of aryl methyl sites for hydroxylation is 2. The average Bonchev–Trinajstić information content (AvgIpc) is 2.81. The third-order valence-corrected chi connectivity index (χ3v) is 3.75. The molecule has 2 nitrogen and oxygen atoms in total. The second-order valence-electron chi connectivity index (χ2n) is 5.04. The van der Waals surface area contributed by atoms with Gasteiger partial charge in [0.25, 0.3) is 0 Å². The van der Waals surface area contributed by atoms with E-state index in [9.17, 15) is 4.79 Å². The summed E-state index contributed by atoms with van der Waals surface area (Å²) in [5.74, 6) is 0.0241. The van der Waals surface area contributed by atoms with Gasteiger partial charge in [-0.05, 0) is 49.7 Å². The van der Waals surface area contributed by atoms with Crippen molar-refractivity contribution in [3.8, 4) is 0 Å². The molecular formula is C17H14ClNO. The van der Waals surface area contributed by atoms with E-state index in [2.05, 4.69) is 4.98 Å². The minimum Gasteiger partial charge on any atom is -0.360 e. The number of fused-ring (bicyclic) bond motifs is 1. The van der Waals surface area contributed by atoms with Crippen molar-refractivity contribution in [2.45, 2.75) is 13.8 Å². The molecule has 0 atom stereocenters. The summed E-state index contributed by atoms with van der Waals surface area (Å²) in [6.07, 6.45) is 1.78. The largest absolute Gasteiger partial charge is 0.360 e. The first-order valence-corrected chi connectivity index (χ1v) is 6.82. The summed E-state index contributed by atoms with van der Waals surface area (Å²) >= 11 is 5.94. The Hall–Kier alpha value is -2.06. The molecule has 0 bridgehead atoms. The Morgan fingerprint density at radius 1 is 1.05 bits per heavy atom. The SMILES string of the molecule is Cc1ccc2[nH]cc(C(=O)c3ccc(Cl)cc3C)c2c1. The molecule has 0 spiro atoms. The quantitative estimate of drug-likeness (QED) is 0.681. The normalized spacial score (nSPS) is 10.9. The van der Waals surface area contributed by atoms with Crippen LogP contribution in [0.4, 0.5) is 0 Å². The van der Waals surface area contributed by atoms with Crippen LogP contribution in [0.2, 0.25) is 5.02 Å². The number of hydrogen-bond donors (Lipinski definition) is 1. The van der Waals surface area contributed by atoms with Crippen LogP contribution in [-0.2, 0) is 0 Å². The topological polar surface area (TPSA) is 32.9 Å².